The van der Waals surface area contributed by atoms with Crippen molar-refractivity contribution in [1.29, 1.82) is 0 Å². The smallest absolute Gasteiger partial charge is 0.314 e. The normalized spacial score (nSPS) is 22.4. The number of hydrogen-bond acceptors (Lipinski definition) is 9. The van der Waals surface area contributed by atoms with Gasteiger partial charge in [0, 0.05) is 63.2 Å². The van der Waals surface area contributed by atoms with E-state index in [9.17, 15) is 24.1 Å². The molecule has 210 valence electrons. The van der Waals surface area contributed by atoms with Crippen molar-refractivity contribution in [3.05, 3.63) is 39.7 Å². The van der Waals surface area contributed by atoms with Gasteiger partial charge in [0.1, 0.15) is 5.82 Å². The first-order valence-corrected chi connectivity index (χ1v) is 13.5. The number of thioether (sulfide) groups is 1. The highest BCUT2D eigenvalue weighted by Gasteiger charge is 2.38. The minimum atomic E-state index is -0.923. The van der Waals surface area contributed by atoms with Crippen molar-refractivity contribution >= 4 is 58.5 Å². The lowest BCUT2D eigenvalue weighted by molar-refractivity contribution is -0.138. The molecule has 3 rings (SSSR count). The maximum Gasteiger partial charge on any atom is 0.314 e. The Hall–Kier alpha value is -3.52. The quantitative estimate of drug-likeness (QED) is 0.225. The molecular weight excluding hydrogens is 548 g/mol. The molecule has 0 spiro atoms. The molecule has 3 N–H and O–H groups in total. The molecule has 1 fully saturated rings. The average molecular weight is 579 g/mol. The number of halogens is 1. The van der Waals surface area contributed by atoms with Gasteiger partial charge in [-0.2, -0.15) is 0 Å². The maximum absolute atomic E-state index is 13.2. The van der Waals surface area contributed by atoms with Crippen molar-refractivity contribution < 1.29 is 19.2 Å². The van der Waals surface area contributed by atoms with E-state index in [1.807, 2.05) is 0 Å². The number of aromatic nitrogens is 1. The Morgan fingerprint density at radius 2 is 1.87 bits per heavy atom. The Kier molecular flexibility index (Phi) is 10.4. The van der Waals surface area contributed by atoms with Gasteiger partial charge in [-0.15, -0.1) is 4.91 Å². The molecule has 15 heteroatoms. The number of rotatable bonds is 9. The van der Waals surface area contributed by atoms with E-state index >= 15 is 0 Å². The van der Waals surface area contributed by atoms with Gasteiger partial charge >= 0.3 is 11.8 Å². The Bertz CT molecular complexity index is 1160. The molecule has 1 aliphatic heterocycles. The number of carbonyl (C=O) groups excluding carboxylic acids is 4. The summed E-state index contributed by atoms with van der Waals surface area (Å²) >= 11 is 6.98. The highest BCUT2D eigenvalue weighted by atomic mass is 35.5. The van der Waals surface area contributed by atoms with Gasteiger partial charge in [0.2, 0.25) is 5.91 Å². The van der Waals surface area contributed by atoms with Crippen molar-refractivity contribution in [2.75, 3.05) is 33.0 Å². The van der Waals surface area contributed by atoms with Crippen LogP contribution in [0.4, 0.5) is 5.82 Å². The lowest BCUT2D eigenvalue weighted by Gasteiger charge is -2.37. The zero-order chi connectivity index (χ0) is 28.7. The molecular formula is C24H31ClN8O5S. The number of aliphatic imine (C=N–C) groups is 1. The van der Waals surface area contributed by atoms with E-state index in [1.165, 1.54) is 47.0 Å². The lowest BCUT2D eigenvalue weighted by atomic mass is 9.81. The van der Waals surface area contributed by atoms with E-state index in [4.69, 9.17) is 11.6 Å². The number of hydrogen-bond donors (Lipinski definition) is 3. The zero-order valence-corrected chi connectivity index (χ0v) is 23.4. The fourth-order valence-corrected chi connectivity index (χ4v) is 5.30. The molecule has 1 saturated carbocycles. The third-order valence-corrected chi connectivity index (χ3v) is 7.63. The van der Waals surface area contributed by atoms with Crippen LogP contribution in [0.2, 0.25) is 5.02 Å². The fourth-order valence-electron chi connectivity index (χ4n) is 4.27. The number of nitrogens with one attached hydrogen (secondary N) is 3. The molecule has 1 aromatic heterocycles. The minimum Gasteiger partial charge on any atom is -0.349 e. The number of nitrogens with zero attached hydrogens (tertiary/aromatic N) is 5. The summed E-state index contributed by atoms with van der Waals surface area (Å²) in [5.74, 6) is -2.51. The number of pyridine rings is 1. The van der Waals surface area contributed by atoms with Crippen molar-refractivity contribution in [3.8, 4) is 0 Å². The highest BCUT2D eigenvalue weighted by molar-refractivity contribution is 8.05. The summed E-state index contributed by atoms with van der Waals surface area (Å²) in [6.07, 6.45) is 2.86. The van der Waals surface area contributed by atoms with Gasteiger partial charge in [-0.05, 0) is 31.4 Å². The van der Waals surface area contributed by atoms with Gasteiger partial charge in [0.15, 0.2) is 5.37 Å². The molecule has 0 saturated heterocycles. The monoisotopic (exact) mass is 578 g/mol. The lowest BCUT2D eigenvalue weighted by Crippen LogP contribution is -2.58. The molecule has 4 amide bonds. The van der Waals surface area contributed by atoms with Crippen LogP contribution in [0.1, 0.15) is 25.7 Å². The van der Waals surface area contributed by atoms with E-state index in [1.54, 1.807) is 14.1 Å². The number of anilines is 1. The molecule has 2 aliphatic rings. The Morgan fingerprint density at radius 3 is 2.51 bits per heavy atom. The first-order chi connectivity index (χ1) is 18.5. The standard InChI is InChI=1S/C24H31ClN8O5S/c1-13-16(9-10-33(4)31-38)29-23(39-13)22(36)28-18-11-14(24(37)32(2)3)5-7-17(18)27-20(34)21(35)30-19-8-6-15(25)12-26-19/h6,8,12,14,17-18,23H,1,5,7,9-11H2,2-4H3,(H,27,34)(H,28,36)(H,26,30,35)/t14-,17-,18+,23?/m0/s1. The molecule has 1 aromatic rings. The topological polar surface area (TPSA) is 166 Å². The van der Waals surface area contributed by atoms with Crippen molar-refractivity contribution in [1.82, 2.24) is 25.5 Å². The summed E-state index contributed by atoms with van der Waals surface area (Å²) < 4.78 is 0. The number of carbonyl (C=O) groups is 4. The SMILES string of the molecule is C=C1SC(C(=O)N[C@@H]2C[C@@H](C(=O)N(C)C)CC[C@@H]2NC(=O)C(=O)Nc2ccc(Cl)cn2)N=C1CCN(C)N=O. The Morgan fingerprint density at radius 1 is 1.13 bits per heavy atom. The van der Waals surface area contributed by atoms with Gasteiger partial charge in [-0.25, -0.2) is 4.98 Å². The summed E-state index contributed by atoms with van der Waals surface area (Å²) in [4.78, 5) is 72.1. The molecule has 2 heterocycles. The van der Waals surface area contributed by atoms with Crippen molar-refractivity contribution in [3.63, 3.8) is 0 Å². The van der Waals surface area contributed by atoms with E-state index in [0.29, 0.717) is 41.4 Å². The second kappa shape index (κ2) is 13.5. The largest absolute Gasteiger partial charge is 0.349 e. The second-order valence-corrected chi connectivity index (χ2v) is 11.0. The summed E-state index contributed by atoms with van der Waals surface area (Å²) in [6, 6.07) is 1.77. The average Bonchev–Trinajstić information content (AvgIpc) is 3.29. The molecule has 13 nitrogen and oxygen atoms in total. The highest BCUT2D eigenvalue weighted by Crippen LogP contribution is 2.33. The molecule has 0 bridgehead atoms. The summed E-state index contributed by atoms with van der Waals surface area (Å²) in [5.41, 5.74) is 0.609. The number of nitroso groups, excluding NO2 is 1. The van der Waals surface area contributed by atoms with Gasteiger partial charge in [0.25, 0.3) is 5.91 Å². The Labute approximate surface area is 235 Å². The summed E-state index contributed by atoms with van der Waals surface area (Å²) in [6.45, 7) is 4.28. The third-order valence-electron chi connectivity index (χ3n) is 6.34. The number of allylic oxidation sites excluding steroid dienone is 1. The van der Waals surface area contributed by atoms with Gasteiger partial charge < -0.3 is 20.9 Å². The molecule has 39 heavy (non-hydrogen) atoms. The van der Waals surface area contributed by atoms with Gasteiger partial charge in [0.05, 0.1) is 16.0 Å². The number of amides is 4. The summed E-state index contributed by atoms with van der Waals surface area (Å²) in [5, 5.41) is 11.6. The Balaban J connectivity index is 1.68. The van der Waals surface area contributed by atoms with E-state index < -0.39 is 35.2 Å². The molecule has 0 aromatic carbocycles. The van der Waals surface area contributed by atoms with Crippen LogP contribution in [0.3, 0.4) is 0 Å². The second-order valence-electron chi connectivity index (χ2n) is 9.44. The molecule has 1 unspecified atom stereocenters. The molecule has 1 aliphatic carbocycles. The van der Waals surface area contributed by atoms with E-state index in [2.05, 4.69) is 37.8 Å². The van der Waals surface area contributed by atoms with Crippen LogP contribution >= 0.6 is 23.4 Å². The fraction of sp³-hybridized carbons (Fsp3) is 0.500. The van der Waals surface area contributed by atoms with Crippen LogP contribution in [-0.2, 0) is 19.2 Å². The zero-order valence-electron chi connectivity index (χ0n) is 21.8. The van der Waals surface area contributed by atoms with Crippen molar-refractivity contribution in [2.24, 2.45) is 16.2 Å². The van der Waals surface area contributed by atoms with Crippen LogP contribution in [0.25, 0.3) is 0 Å². The van der Waals surface area contributed by atoms with Crippen LogP contribution < -0.4 is 16.0 Å². The predicted molar refractivity (Wildman–Crippen MR) is 149 cm³/mol. The van der Waals surface area contributed by atoms with Crippen LogP contribution in [0, 0.1) is 10.8 Å². The van der Waals surface area contributed by atoms with Crippen molar-refractivity contribution in [2.45, 2.75) is 43.1 Å². The summed E-state index contributed by atoms with van der Waals surface area (Å²) in [7, 11) is 4.86. The van der Waals surface area contributed by atoms with E-state index in [0.717, 1.165) is 0 Å². The maximum atomic E-state index is 13.2. The van der Waals surface area contributed by atoms with Crippen LogP contribution in [0.5, 0.6) is 0 Å². The van der Waals surface area contributed by atoms with Gasteiger partial charge in [-0.1, -0.05) is 29.9 Å². The first-order valence-electron chi connectivity index (χ1n) is 12.2. The van der Waals surface area contributed by atoms with Crippen LogP contribution in [0.15, 0.2) is 40.1 Å². The predicted octanol–water partition coefficient (Wildman–Crippen LogP) is 1.56. The first kappa shape index (κ1) is 30.0. The van der Waals surface area contributed by atoms with E-state index in [-0.39, 0.29) is 24.1 Å². The van der Waals surface area contributed by atoms with Crippen LogP contribution in [-0.4, -0.2) is 89.4 Å². The molecule has 4 atom stereocenters. The third kappa shape index (κ3) is 8.23. The minimum absolute atomic E-state index is 0.0811. The molecule has 0 radical (unpaired) electrons. The van der Waals surface area contributed by atoms with Gasteiger partial charge in [-0.3, -0.25) is 29.2 Å².